The van der Waals surface area contributed by atoms with Crippen LogP contribution in [0.2, 0.25) is 0 Å². The van der Waals surface area contributed by atoms with Crippen LogP contribution in [0.1, 0.15) is 0 Å². The molecule has 86 valence electrons. The van der Waals surface area contributed by atoms with Crippen molar-refractivity contribution in [2.24, 2.45) is 0 Å². The molecular formula is C14H12IOP. The highest BCUT2D eigenvalue weighted by Gasteiger charge is 2.23. The van der Waals surface area contributed by atoms with Gasteiger partial charge < -0.3 is 4.57 Å². The summed E-state index contributed by atoms with van der Waals surface area (Å²) in [5.41, 5.74) is 0. The molecule has 0 N–H and O–H groups in total. The topological polar surface area (TPSA) is 17.1 Å². The van der Waals surface area contributed by atoms with Gasteiger partial charge in [-0.25, -0.2) is 0 Å². The summed E-state index contributed by atoms with van der Waals surface area (Å²) in [7, 11) is -2.61. The Bertz CT molecular complexity index is 505. The largest absolute Gasteiger partial charge is 0.309 e. The van der Waals surface area contributed by atoms with Crippen LogP contribution in [0.25, 0.3) is 0 Å². The second-order valence-corrected chi connectivity index (χ2v) is 6.97. The van der Waals surface area contributed by atoms with E-state index in [0.29, 0.717) is 0 Å². The van der Waals surface area contributed by atoms with E-state index in [1.807, 2.05) is 64.7 Å². The first kappa shape index (κ1) is 12.6. The molecule has 3 heteroatoms. The van der Waals surface area contributed by atoms with E-state index in [9.17, 15) is 4.57 Å². The van der Waals surface area contributed by atoms with Crippen LogP contribution in [0.4, 0.5) is 0 Å². The van der Waals surface area contributed by atoms with Gasteiger partial charge in [-0.1, -0.05) is 83.3 Å². The zero-order valence-corrected chi connectivity index (χ0v) is 12.2. The summed E-state index contributed by atoms with van der Waals surface area (Å²) in [5.74, 6) is 1.80. The van der Waals surface area contributed by atoms with Crippen molar-refractivity contribution in [1.29, 1.82) is 0 Å². The van der Waals surface area contributed by atoms with Gasteiger partial charge in [0.05, 0.1) is 0 Å². The highest BCUT2D eigenvalue weighted by molar-refractivity contribution is 14.1. The molecule has 0 fully saturated rings. The molecule has 2 rings (SSSR count). The number of halogens is 1. The van der Waals surface area contributed by atoms with Crippen molar-refractivity contribution in [2.45, 2.75) is 0 Å². The molecular weight excluding hydrogens is 342 g/mol. The second kappa shape index (κ2) is 5.65. The van der Waals surface area contributed by atoms with Gasteiger partial charge >= 0.3 is 0 Å². The number of hydrogen-bond acceptors (Lipinski definition) is 1. The van der Waals surface area contributed by atoms with Gasteiger partial charge in [-0.15, -0.1) is 0 Å². The summed E-state index contributed by atoms with van der Waals surface area (Å²) in [6, 6.07) is 19.2. The quantitative estimate of drug-likeness (QED) is 0.604. The fourth-order valence-electron chi connectivity index (χ4n) is 1.70. The van der Waals surface area contributed by atoms with Crippen LogP contribution >= 0.6 is 29.7 Å². The Kier molecular flexibility index (Phi) is 4.19. The van der Waals surface area contributed by atoms with E-state index in [1.54, 1.807) is 5.82 Å². The van der Waals surface area contributed by atoms with Crippen LogP contribution in [-0.2, 0) is 4.57 Å². The molecule has 0 radical (unpaired) electrons. The first-order valence-electron chi connectivity index (χ1n) is 5.26. The summed E-state index contributed by atoms with van der Waals surface area (Å²) in [5, 5.41) is 1.75. The molecule has 0 aromatic heterocycles. The molecule has 0 aliphatic carbocycles. The summed E-state index contributed by atoms with van der Waals surface area (Å²) < 4.78 is 15.0. The molecule has 0 saturated heterocycles. The summed E-state index contributed by atoms with van der Waals surface area (Å²) in [4.78, 5) is 0. The van der Waals surface area contributed by atoms with Crippen LogP contribution < -0.4 is 10.6 Å². The maximum absolute atomic E-state index is 13.1. The Labute approximate surface area is 115 Å². The third-order valence-electron chi connectivity index (χ3n) is 2.55. The van der Waals surface area contributed by atoms with Crippen LogP contribution in [0.3, 0.4) is 0 Å². The Morgan fingerprint density at radius 3 is 1.59 bits per heavy atom. The SMILES string of the molecule is O=P(/C=C\I)(c1ccccc1)c1ccccc1. The first-order valence-corrected chi connectivity index (χ1v) is 8.28. The minimum atomic E-state index is -2.61. The smallest absolute Gasteiger partial charge is 0.164 e. The van der Waals surface area contributed by atoms with Gasteiger partial charge in [0.25, 0.3) is 0 Å². The predicted molar refractivity (Wildman–Crippen MR) is 82.9 cm³/mol. The van der Waals surface area contributed by atoms with Gasteiger partial charge in [-0.05, 0) is 9.90 Å². The fourth-order valence-corrected chi connectivity index (χ4v) is 5.09. The molecule has 0 saturated carbocycles. The molecule has 2 aromatic rings. The average molecular weight is 354 g/mol. The van der Waals surface area contributed by atoms with Crippen molar-refractivity contribution in [2.75, 3.05) is 0 Å². The molecule has 0 unspecified atom stereocenters. The third kappa shape index (κ3) is 2.70. The molecule has 1 nitrogen and oxygen atoms in total. The molecule has 0 heterocycles. The maximum Gasteiger partial charge on any atom is 0.164 e. The van der Waals surface area contributed by atoms with Crippen LogP contribution in [0.5, 0.6) is 0 Å². The summed E-state index contributed by atoms with van der Waals surface area (Å²) in [6.45, 7) is 0. The van der Waals surface area contributed by atoms with E-state index in [-0.39, 0.29) is 0 Å². The molecule has 0 aliphatic heterocycles. The first-order chi connectivity index (χ1) is 8.27. The van der Waals surface area contributed by atoms with Crippen molar-refractivity contribution in [3.05, 3.63) is 70.6 Å². The molecule has 17 heavy (non-hydrogen) atoms. The van der Waals surface area contributed by atoms with E-state index < -0.39 is 7.14 Å². The Morgan fingerprint density at radius 2 is 1.24 bits per heavy atom. The highest BCUT2D eigenvalue weighted by Crippen LogP contribution is 2.45. The Balaban J connectivity index is 2.60. The van der Waals surface area contributed by atoms with Crippen LogP contribution in [0, 0.1) is 0 Å². The molecule has 0 atom stereocenters. The Hall–Kier alpha value is -0.860. The third-order valence-corrected chi connectivity index (χ3v) is 6.17. The highest BCUT2D eigenvalue weighted by atomic mass is 127. The van der Waals surface area contributed by atoms with Crippen molar-refractivity contribution >= 4 is 40.3 Å². The number of benzene rings is 2. The average Bonchev–Trinajstić information content (AvgIpc) is 2.41. The predicted octanol–water partition coefficient (Wildman–Crippen LogP) is 3.91. The van der Waals surface area contributed by atoms with E-state index in [2.05, 4.69) is 22.6 Å². The monoisotopic (exact) mass is 354 g/mol. The lowest BCUT2D eigenvalue weighted by Gasteiger charge is -2.14. The zero-order valence-electron chi connectivity index (χ0n) is 9.16. The van der Waals surface area contributed by atoms with Crippen molar-refractivity contribution in [1.82, 2.24) is 0 Å². The van der Waals surface area contributed by atoms with Crippen molar-refractivity contribution in [3.8, 4) is 0 Å². The lowest BCUT2D eigenvalue weighted by atomic mass is 10.4. The van der Waals surface area contributed by atoms with Gasteiger partial charge in [0.1, 0.15) is 0 Å². The van der Waals surface area contributed by atoms with Crippen molar-refractivity contribution < 1.29 is 4.57 Å². The van der Waals surface area contributed by atoms with Gasteiger partial charge in [0.15, 0.2) is 7.14 Å². The summed E-state index contributed by atoms with van der Waals surface area (Å²) in [6.07, 6.45) is 0. The number of rotatable bonds is 3. The van der Waals surface area contributed by atoms with Gasteiger partial charge in [-0.2, -0.15) is 0 Å². The Morgan fingerprint density at radius 1 is 0.824 bits per heavy atom. The van der Waals surface area contributed by atoms with Gasteiger partial charge in [-0.3, -0.25) is 0 Å². The lowest BCUT2D eigenvalue weighted by Crippen LogP contribution is -2.13. The van der Waals surface area contributed by atoms with Gasteiger partial charge in [0.2, 0.25) is 0 Å². The lowest BCUT2D eigenvalue weighted by molar-refractivity contribution is 0.592. The van der Waals surface area contributed by atoms with Gasteiger partial charge in [0, 0.05) is 10.6 Å². The zero-order chi connectivity index (χ0) is 12.1. The van der Waals surface area contributed by atoms with E-state index in [1.165, 1.54) is 0 Å². The minimum absolute atomic E-state index is 0.874. The molecule has 0 spiro atoms. The molecule has 0 amide bonds. The minimum Gasteiger partial charge on any atom is -0.309 e. The molecule has 0 bridgehead atoms. The normalized spacial score (nSPS) is 11.8. The van der Waals surface area contributed by atoms with E-state index in [4.69, 9.17) is 0 Å². The van der Waals surface area contributed by atoms with Crippen molar-refractivity contribution in [3.63, 3.8) is 0 Å². The fraction of sp³-hybridized carbons (Fsp3) is 0. The molecule has 0 aliphatic rings. The van der Waals surface area contributed by atoms with E-state index >= 15 is 0 Å². The summed E-state index contributed by atoms with van der Waals surface area (Å²) >= 11 is 2.11. The number of hydrogen-bond donors (Lipinski definition) is 0. The van der Waals surface area contributed by atoms with Crippen LogP contribution in [-0.4, -0.2) is 0 Å². The molecule has 2 aromatic carbocycles. The maximum atomic E-state index is 13.1. The van der Waals surface area contributed by atoms with Crippen LogP contribution in [0.15, 0.2) is 70.6 Å². The second-order valence-electron chi connectivity index (χ2n) is 3.60. The standard InChI is InChI=1S/C14H12IOP/c15-11-12-17(16,13-7-3-1-4-8-13)14-9-5-2-6-10-14/h1-12H/b12-11-. The van der Waals surface area contributed by atoms with E-state index in [0.717, 1.165) is 10.6 Å².